The van der Waals surface area contributed by atoms with Crippen LogP contribution in [0.3, 0.4) is 0 Å². The van der Waals surface area contributed by atoms with E-state index in [2.05, 4.69) is 34.4 Å². The Bertz CT molecular complexity index is 541. The third kappa shape index (κ3) is 8.84. The molecule has 2 heterocycles. The van der Waals surface area contributed by atoms with Gasteiger partial charge in [0.05, 0.1) is 13.2 Å². The highest BCUT2D eigenvalue weighted by Crippen LogP contribution is 2.15. The molecule has 0 aromatic heterocycles. The maximum atomic E-state index is 12.3. The topological polar surface area (TPSA) is 78.4 Å². The standard InChI is InChI=1S/C20H39N5O3.HI/c1-15(25-10-11-27-14-16(25)2)12-22-18(21-6)23-17-8-7-9-24(13-17)19(26)28-20(3,4)5;/h15-17H,7-14H2,1-6H3,(H2,21,22,23);1H. The number of rotatable bonds is 4. The molecule has 9 heteroatoms. The molecule has 29 heavy (non-hydrogen) atoms. The number of guanidine groups is 1. The molecule has 2 saturated heterocycles. The first-order valence-corrected chi connectivity index (χ1v) is 10.5. The first kappa shape index (κ1) is 26.2. The number of nitrogens with zero attached hydrogens (tertiary/aromatic N) is 3. The Balaban J connectivity index is 0.00000420. The van der Waals surface area contributed by atoms with Gasteiger partial charge in [-0.1, -0.05) is 0 Å². The molecule has 2 rings (SSSR count). The zero-order chi connectivity index (χ0) is 20.7. The minimum absolute atomic E-state index is 0. The molecule has 0 saturated carbocycles. The maximum Gasteiger partial charge on any atom is 0.410 e. The number of likely N-dealkylation sites (tertiary alicyclic amines) is 1. The van der Waals surface area contributed by atoms with E-state index in [1.54, 1.807) is 11.9 Å². The Kier molecular flexibility index (Phi) is 11.0. The van der Waals surface area contributed by atoms with E-state index in [9.17, 15) is 4.79 Å². The molecule has 0 radical (unpaired) electrons. The Morgan fingerprint density at radius 1 is 1.34 bits per heavy atom. The van der Waals surface area contributed by atoms with Gasteiger partial charge in [-0.3, -0.25) is 9.89 Å². The van der Waals surface area contributed by atoms with E-state index in [1.807, 2.05) is 20.8 Å². The summed E-state index contributed by atoms with van der Waals surface area (Å²) in [5.74, 6) is 0.781. The third-order valence-electron chi connectivity index (χ3n) is 5.19. The van der Waals surface area contributed by atoms with E-state index in [0.29, 0.717) is 18.6 Å². The van der Waals surface area contributed by atoms with Gasteiger partial charge in [-0.15, -0.1) is 24.0 Å². The van der Waals surface area contributed by atoms with Gasteiger partial charge in [-0.05, 0) is 47.5 Å². The van der Waals surface area contributed by atoms with Gasteiger partial charge in [0.1, 0.15) is 5.60 Å². The molecule has 0 aromatic rings. The lowest BCUT2D eigenvalue weighted by molar-refractivity contribution is -0.0174. The molecule has 2 fully saturated rings. The van der Waals surface area contributed by atoms with Crippen LogP contribution in [0.25, 0.3) is 0 Å². The van der Waals surface area contributed by atoms with Gasteiger partial charge in [0.2, 0.25) is 0 Å². The summed E-state index contributed by atoms with van der Waals surface area (Å²) in [5, 5.41) is 6.91. The van der Waals surface area contributed by atoms with Crippen LogP contribution in [0.15, 0.2) is 4.99 Å². The first-order chi connectivity index (χ1) is 13.2. The summed E-state index contributed by atoms with van der Waals surface area (Å²) in [6.07, 6.45) is 1.72. The fourth-order valence-corrected chi connectivity index (χ4v) is 3.73. The van der Waals surface area contributed by atoms with Crippen LogP contribution >= 0.6 is 24.0 Å². The monoisotopic (exact) mass is 525 g/mol. The van der Waals surface area contributed by atoms with Crippen LogP contribution in [-0.2, 0) is 9.47 Å². The summed E-state index contributed by atoms with van der Waals surface area (Å²) in [4.78, 5) is 21.0. The maximum absolute atomic E-state index is 12.3. The Labute approximate surface area is 193 Å². The second kappa shape index (κ2) is 12.1. The number of nitrogens with one attached hydrogen (secondary N) is 2. The van der Waals surface area contributed by atoms with Crippen molar-refractivity contribution in [2.45, 2.75) is 71.2 Å². The summed E-state index contributed by atoms with van der Waals surface area (Å²) < 4.78 is 11.0. The molecule has 0 spiro atoms. The molecular formula is C20H40IN5O3. The molecule has 2 aliphatic rings. The normalized spacial score (nSPS) is 25.0. The van der Waals surface area contributed by atoms with Crippen molar-refractivity contribution in [3.63, 3.8) is 0 Å². The van der Waals surface area contributed by atoms with E-state index in [1.165, 1.54) is 0 Å². The number of carbonyl (C=O) groups excluding carboxylic acids is 1. The summed E-state index contributed by atoms with van der Waals surface area (Å²) in [6, 6.07) is 0.994. The Hall–Kier alpha value is -0.810. The van der Waals surface area contributed by atoms with Crippen LogP contribution in [0.2, 0.25) is 0 Å². The van der Waals surface area contributed by atoms with Crippen molar-refractivity contribution in [3.8, 4) is 0 Å². The summed E-state index contributed by atoms with van der Waals surface area (Å²) in [5.41, 5.74) is -0.470. The highest BCUT2D eigenvalue weighted by Gasteiger charge is 2.28. The van der Waals surface area contributed by atoms with Gasteiger partial charge in [0.15, 0.2) is 5.96 Å². The number of hydrogen-bond acceptors (Lipinski definition) is 5. The fraction of sp³-hybridized carbons (Fsp3) is 0.900. The summed E-state index contributed by atoms with van der Waals surface area (Å²) in [6.45, 7) is 14.9. The summed E-state index contributed by atoms with van der Waals surface area (Å²) in [7, 11) is 1.78. The molecule has 3 atom stereocenters. The second-order valence-electron chi connectivity index (χ2n) is 8.87. The number of aliphatic imine (C=N–C) groups is 1. The van der Waals surface area contributed by atoms with Crippen molar-refractivity contribution >= 4 is 36.0 Å². The van der Waals surface area contributed by atoms with Crippen molar-refractivity contribution in [3.05, 3.63) is 0 Å². The predicted molar refractivity (Wildman–Crippen MR) is 127 cm³/mol. The molecule has 0 aromatic carbocycles. The number of ether oxygens (including phenoxy) is 2. The van der Waals surface area contributed by atoms with Gasteiger partial charge in [-0.25, -0.2) is 4.79 Å². The fourth-order valence-electron chi connectivity index (χ4n) is 3.73. The van der Waals surface area contributed by atoms with Crippen LogP contribution in [0.4, 0.5) is 4.79 Å². The number of amides is 1. The molecular weight excluding hydrogens is 485 g/mol. The van der Waals surface area contributed by atoms with Gasteiger partial charge in [0, 0.05) is 51.4 Å². The number of hydrogen-bond donors (Lipinski definition) is 2. The molecule has 1 amide bonds. The summed E-state index contributed by atoms with van der Waals surface area (Å²) >= 11 is 0. The lowest BCUT2D eigenvalue weighted by atomic mass is 10.1. The van der Waals surface area contributed by atoms with Gasteiger partial charge in [-0.2, -0.15) is 0 Å². The lowest BCUT2D eigenvalue weighted by Gasteiger charge is -2.38. The van der Waals surface area contributed by atoms with E-state index >= 15 is 0 Å². The van der Waals surface area contributed by atoms with Crippen molar-refractivity contribution in [2.75, 3.05) is 46.4 Å². The zero-order valence-electron chi connectivity index (χ0n) is 18.9. The van der Waals surface area contributed by atoms with Crippen LogP contribution in [0.5, 0.6) is 0 Å². The van der Waals surface area contributed by atoms with E-state index in [4.69, 9.17) is 9.47 Å². The number of piperidine rings is 1. The van der Waals surface area contributed by atoms with Gasteiger partial charge < -0.3 is 25.0 Å². The Morgan fingerprint density at radius 3 is 2.69 bits per heavy atom. The smallest absolute Gasteiger partial charge is 0.410 e. The van der Waals surface area contributed by atoms with Crippen molar-refractivity contribution in [1.29, 1.82) is 0 Å². The molecule has 3 unspecified atom stereocenters. The predicted octanol–water partition coefficient (Wildman–Crippen LogP) is 2.28. The number of carbonyl (C=O) groups is 1. The van der Waals surface area contributed by atoms with Crippen LogP contribution in [0.1, 0.15) is 47.5 Å². The molecule has 0 aliphatic carbocycles. The molecule has 170 valence electrons. The largest absolute Gasteiger partial charge is 0.444 e. The van der Waals surface area contributed by atoms with Crippen molar-refractivity contribution < 1.29 is 14.3 Å². The minimum atomic E-state index is -0.470. The lowest BCUT2D eigenvalue weighted by Crippen LogP contribution is -2.56. The van der Waals surface area contributed by atoms with Crippen LogP contribution in [0, 0.1) is 0 Å². The molecule has 0 bridgehead atoms. The van der Waals surface area contributed by atoms with Gasteiger partial charge >= 0.3 is 6.09 Å². The molecule has 8 nitrogen and oxygen atoms in total. The van der Waals surface area contributed by atoms with E-state index in [0.717, 1.165) is 51.6 Å². The van der Waals surface area contributed by atoms with Crippen LogP contribution < -0.4 is 10.6 Å². The minimum Gasteiger partial charge on any atom is -0.444 e. The van der Waals surface area contributed by atoms with Gasteiger partial charge in [0.25, 0.3) is 0 Å². The average Bonchev–Trinajstić information content (AvgIpc) is 2.64. The highest BCUT2D eigenvalue weighted by molar-refractivity contribution is 14.0. The third-order valence-corrected chi connectivity index (χ3v) is 5.19. The Morgan fingerprint density at radius 2 is 2.07 bits per heavy atom. The second-order valence-corrected chi connectivity index (χ2v) is 8.87. The SMILES string of the molecule is CN=C(NCC(C)N1CCOCC1C)NC1CCCN(C(=O)OC(C)(C)C)C1.I. The number of morpholine rings is 1. The molecule has 2 N–H and O–H groups in total. The average molecular weight is 525 g/mol. The van der Waals surface area contributed by atoms with E-state index in [-0.39, 0.29) is 36.1 Å². The first-order valence-electron chi connectivity index (χ1n) is 10.5. The van der Waals surface area contributed by atoms with Crippen LogP contribution in [-0.4, -0.2) is 92.0 Å². The van der Waals surface area contributed by atoms with E-state index < -0.39 is 5.60 Å². The van der Waals surface area contributed by atoms with Crippen molar-refractivity contribution in [1.82, 2.24) is 20.4 Å². The molecule has 2 aliphatic heterocycles. The zero-order valence-corrected chi connectivity index (χ0v) is 21.2. The quantitative estimate of drug-likeness (QED) is 0.333. The number of halogens is 1. The highest BCUT2D eigenvalue weighted by atomic mass is 127. The van der Waals surface area contributed by atoms with Crippen molar-refractivity contribution in [2.24, 2.45) is 4.99 Å².